The van der Waals surface area contributed by atoms with Crippen molar-refractivity contribution in [3.05, 3.63) is 40.4 Å². The summed E-state index contributed by atoms with van der Waals surface area (Å²) in [5, 5.41) is 11.9. The summed E-state index contributed by atoms with van der Waals surface area (Å²) >= 11 is 6.34. The number of hydrogen-bond donors (Lipinski definition) is 1. The molecule has 3 rings (SSSR count). The molecule has 0 saturated carbocycles. The summed E-state index contributed by atoms with van der Waals surface area (Å²) in [7, 11) is 1.93. The second-order valence-electron chi connectivity index (χ2n) is 6.12. The number of carbonyl (C=O) groups excluding carboxylic acids is 1. The average Bonchev–Trinajstić information content (AvgIpc) is 2.92. The van der Waals surface area contributed by atoms with E-state index in [0.29, 0.717) is 17.1 Å². The maximum Gasteiger partial charge on any atom is 0.255 e. The van der Waals surface area contributed by atoms with E-state index >= 15 is 0 Å². The summed E-state index contributed by atoms with van der Waals surface area (Å²) in [4.78, 5) is 14.4. The van der Waals surface area contributed by atoms with Crippen LogP contribution in [0.25, 0.3) is 0 Å². The fourth-order valence-corrected chi connectivity index (χ4v) is 3.11. The minimum Gasteiger partial charge on any atom is -0.378 e. The van der Waals surface area contributed by atoms with Crippen molar-refractivity contribution < 1.29 is 4.79 Å². The highest BCUT2D eigenvalue weighted by atomic mass is 35.5. The number of anilines is 1. The highest BCUT2D eigenvalue weighted by molar-refractivity contribution is 6.34. The topological polar surface area (TPSA) is 63.1 Å². The van der Waals surface area contributed by atoms with Gasteiger partial charge < -0.3 is 14.8 Å². The van der Waals surface area contributed by atoms with Crippen LogP contribution in [0.4, 0.5) is 5.69 Å². The van der Waals surface area contributed by atoms with Crippen molar-refractivity contribution >= 4 is 23.2 Å². The fraction of sp³-hybridized carbons (Fsp3) is 0.471. The SMILES string of the molecule is Cc1nnc(CNc2ccc(C(=O)N3CCCCC3)c(Cl)c2)n1C. The largest absolute Gasteiger partial charge is 0.378 e. The van der Waals surface area contributed by atoms with Gasteiger partial charge in [-0.25, -0.2) is 0 Å². The van der Waals surface area contributed by atoms with E-state index in [4.69, 9.17) is 11.6 Å². The van der Waals surface area contributed by atoms with Gasteiger partial charge in [0.1, 0.15) is 5.82 Å². The Hall–Kier alpha value is -2.08. The molecule has 1 saturated heterocycles. The third-order valence-electron chi connectivity index (χ3n) is 4.48. The van der Waals surface area contributed by atoms with E-state index in [2.05, 4.69) is 15.5 Å². The molecule has 128 valence electrons. The van der Waals surface area contributed by atoms with Crippen molar-refractivity contribution in [1.29, 1.82) is 0 Å². The van der Waals surface area contributed by atoms with Gasteiger partial charge >= 0.3 is 0 Å². The van der Waals surface area contributed by atoms with Crippen LogP contribution < -0.4 is 5.32 Å². The van der Waals surface area contributed by atoms with Crippen molar-refractivity contribution in [2.45, 2.75) is 32.7 Å². The van der Waals surface area contributed by atoms with Gasteiger partial charge in [-0.15, -0.1) is 10.2 Å². The Morgan fingerprint density at radius 3 is 2.62 bits per heavy atom. The molecule has 0 radical (unpaired) electrons. The lowest BCUT2D eigenvalue weighted by molar-refractivity contribution is 0.0724. The van der Waals surface area contributed by atoms with Crippen LogP contribution in [-0.4, -0.2) is 38.7 Å². The monoisotopic (exact) mass is 347 g/mol. The lowest BCUT2D eigenvalue weighted by Crippen LogP contribution is -2.35. The van der Waals surface area contributed by atoms with Crippen LogP contribution in [-0.2, 0) is 13.6 Å². The second-order valence-corrected chi connectivity index (χ2v) is 6.53. The van der Waals surface area contributed by atoms with Crippen LogP contribution in [0, 0.1) is 6.92 Å². The summed E-state index contributed by atoms with van der Waals surface area (Å²) in [5.74, 6) is 1.74. The predicted molar refractivity (Wildman–Crippen MR) is 94.3 cm³/mol. The van der Waals surface area contributed by atoms with Gasteiger partial charge in [0, 0.05) is 25.8 Å². The average molecular weight is 348 g/mol. The number of benzene rings is 1. The zero-order valence-corrected chi connectivity index (χ0v) is 14.8. The third kappa shape index (κ3) is 3.53. The van der Waals surface area contributed by atoms with Crippen molar-refractivity contribution in [2.24, 2.45) is 7.05 Å². The second kappa shape index (κ2) is 7.21. The number of likely N-dealkylation sites (tertiary alicyclic amines) is 1. The highest BCUT2D eigenvalue weighted by Gasteiger charge is 2.20. The number of rotatable bonds is 4. The van der Waals surface area contributed by atoms with E-state index < -0.39 is 0 Å². The normalized spacial score (nSPS) is 14.7. The van der Waals surface area contributed by atoms with Crippen LogP contribution in [0.2, 0.25) is 5.02 Å². The van der Waals surface area contributed by atoms with E-state index in [1.54, 1.807) is 12.1 Å². The molecule has 1 fully saturated rings. The first-order chi connectivity index (χ1) is 11.6. The molecule has 1 aromatic heterocycles. The first-order valence-corrected chi connectivity index (χ1v) is 8.61. The van der Waals surface area contributed by atoms with Gasteiger partial charge in [-0.05, 0) is 44.4 Å². The number of hydrogen-bond acceptors (Lipinski definition) is 4. The van der Waals surface area contributed by atoms with Gasteiger partial charge in [0.2, 0.25) is 0 Å². The molecular weight excluding hydrogens is 326 g/mol. The van der Waals surface area contributed by atoms with E-state index in [1.807, 2.05) is 29.5 Å². The summed E-state index contributed by atoms with van der Waals surface area (Å²) in [6.45, 7) is 4.10. The van der Waals surface area contributed by atoms with Gasteiger partial charge in [0.05, 0.1) is 17.1 Å². The van der Waals surface area contributed by atoms with Gasteiger partial charge in [0.25, 0.3) is 5.91 Å². The number of carbonyl (C=O) groups is 1. The van der Waals surface area contributed by atoms with E-state index in [1.165, 1.54) is 6.42 Å². The predicted octanol–water partition coefficient (Wildman–Crippen LogP) is 3.02. The molecule has 1 N–H and O–H groups in total. The Bertz CT molecular complexity index is 737. The first-order valence-electron chi connectivity index (χ1n) is 8.24. The minimum atomic E-state index is 0.0233. The number of nitrogens with one attached hydrogen (secondary N) is 1. The Morgan fingerprint density at radius 1 is 1.25 bits per heavy atom. The molecule has 0 spiro atoms. The van der Waals surface area contributed by atoms with Gasteiger partial charge in [-0.1, -0.05) is 11.6 Å². The standard InChI is InChI=1S/C17H22ClN5O/c1-12-20-21-16(22(12)2)11-19-13-6-7-14(15(18)10-13)17(24)23-8-4-3-5-9-23/h6-7,10,19H,3-5,8-9,11H2,1-2H3. The van der Waals surface area contributed by atoms with Gasteiger partial charge in [0.15, 0.2) is 5.82 Å². The number of piperidine rings is 1. The molecular formula is C17H22ClN5O. The Balaban J connectivity index is 1.68. The molecule has 0 unspecified atom stereocenters. The molecule has 0 atom stereocenters. The molecule has 1 amide bonds. The lowest BCUT2D eigenvalue weighted by atomic mass is 10.1. The van der Waals surface area contributed by atoms with Crippen molar-refractivity contribution in [3.63, 3.8) is 0 Å². The molecule has 1 aliphatic rings. The molecule has 0 aliphatic carbocycles. The molecule has 2 heterocycles. The lowest BCUT2D eigenvalue weighted by Gasteiger charge is -2.27. The molecule has 1 aliphatic heterocycles. The summed E-state index contributed by atoms with van der Waals surface area (Å²) < 4.78 is 1.93. The van der Waals surface area contributed by atoms with E-state index in [0.717, 1.165) is 43.3 Å². The smallest absolute Gasteiger partial charge is 0.255 e. The summed E-state index contributed by atoms with van der Waals surface area (Å²) in [6, 6.07) is 5.47. The zero-order chi connectivity index (χ0) is 17.1. The Labute approximate surface area is 146 Å². The first kappa shape index (κ1) is 16.8. The van der Waals surface area contributed by atoms with E-state index in [-0.39, 0.29) is 5.91 Å². The van der Waals surface area contributed by atoms with Crippen LogP contribution in [0.3, 0.4) is 0 Å². The fourth-order valence-electron chi connectivity index (χ4n) is 2.85. The number of aromatic nitrogens is 3. The molecule has 6 nitrogen and oxygen atoms in total. The van der Waals surface area contributed by atoms with Crippen LogP contribution in [0.1, 0.15) is 41.3 Å². The molecule has 1 aromatic carbocycles. The van der Waals surface area contributed by atoms with Gasteiger partial charge in [-0.2, -0.15) is 0 Å². The van der Waals surface area contributed by atoms with Gasteiger partial charge in [-0.3, -0.25) is 4.79 Å². The Morgan fingerprint density at radius 2 is 2.00 bits per heavy atom. The van der Waals surface area contributed by atoms with Crippen LogP contribution in [0.5, 0.6) is 0 Å². The quantitative estimate of drug-likeness (QED) is 0.923. The van der Waals surface area contributed by atoms with Crippen molar-refractivity contribution in [1.82, 2.24) is 19.7 Å². The molecule has 7 heteroatoms. The van der Waals surface area contributed by atoms with Crippen molar-refractivity contribution in [3.8, 4) is 0 Å². The summed E-state index contributed by atoms with van der Waals surface area (Å²) in [6.07, 6.45) is 3.34. The highest BCUT2D eigenvalue weighted by Crippen LogP contribution is 2.24. The molecule has 24 heavy (non-hydrogen) atoms. The van der Waals surface area contributed by atoms with Crippen molar-refractivity contribution in [2.75, 3.05) is 18.4 Å². The number of nitrogens with zero attached hydrogens (tertiary/aromatic N) is 4. The maximum absolute atomic E-state index is 12.6. The van der Waals surface area contributed by atoms with E-state index in [9.17, 15) is 4.79 Å². The number of halogens is 1. The molecule has 0 bridgehead atoms. The summed E-state index contributed by atoms with van der Waals surface area (Å²) in [5.41, 5.74) is 1.43. The zero-order valence-electron chi connectivity index (χ0n) is 14.0. The maximum atomic E-state index is 12.6. The number of aryl methyl sites for hydroxylation is 1. The molecule has 2 aromatic rings. The Kier molecular flexibility index (Phi) is 5.04. The van der Waals surface area contributed by atoms with Crippen LogP contribution >= 0.6 is 11.6 Å². The minimum absolute atomic E-state index is 0.0233. The third-order valence-corrected chi connectivity index (χ3v) is 4.79. The van der Waals surface area contributed by atoms with Crippen LogP contribution in [0.15, 0.2) is 18.2 Å². The number of amides is 1.